The number of para-hydroxylation sites is 2. The molecule has 0 radical (unpaired) electrons. The molecule has 2 aliphatic heterocycles. The molecule has 0 atom stereocenters. The number of hydrogen-bond acceptors (Lipinski definition) is 4. The molecule has 2 heterocycles. The van der Waals surface area contributed by atoms with Crippen LogP contribution in [0, 0.1) is 0 Å². The number of carbonyl (C=O) groups excluding carboxylic acids is 1. The van der Waals surface area contributed by atoms with Gasteiger partial charge in [0.05, 0.1) is 7.11 Å². The third-order valence-corrected chi connectivity index (χ3v) is 6.39. The number of ether oxygens (including phenoxy) is 2. The average Bonchev–Trinajstić information content (AvgIpc) is 3.34. The summed E-state index contributed by atoms with van der Waals surface area (Å²) in [4.78, 5) is 17.4. The monoisotopic (exact) mass is 394 g/mol. The van der Waals surface area contributed by atoms with Crippen molar-refractivity contribution in [2.75, 3.05) is 39.9 Å². The first-order valence-electron chi connectivity index (χ1n) is 10.6. The third kappa shape index (κ3) is 4.10. The van der Waals surface area contributed by atoms with E-state index in [-0.39, 0.29) is 18.1 Å². The van der Waals surface area contributed by atoms with Crippen LogP contribution in [0.3, 0.4) is 0 Å². The molecule has 0 unspecified atom stereocenters. The molecule has 29 heavy (non-hydrogen) atoms. The number of amides is 1. The van der Waals surface area contributed by atoms with E-state index in [1.807, 2.05) is 29.2 Å². The predicted molar refractivity (Wildman–Crippen MR) is 113 cm³/mol. The van der Waals surface area contributed by atoms with Crippen molar-refractivity contribution in [2.24, 2.45) is 0 Å². The van der Waals surface area contributed by atoms with Crippen LogP contribution in [-0.4, -0.2) is 55.6 Å². The minimum atomic E-state index is 0.0407. The Kier molecular flexibility index (Phi) is 6.05. The van der Waals surface area contributed by atoms with Crippen LogP contribution in [0.1, 0.15) is 31.2 Å². The fraction of sp³-hybridized carbons (Fsp3) is 0.458. The average molecular weight is 395 g/mol. The van der Waals surface area contributed by atoms with Crippen molar-refractivity contribution in [3.63, 3.8) is 0 Å². The van der Waals surface area contributed by atoms with Crippen LogP contribution in [0.4, 0.5) is 0 Å². The first kappa shape index (κ1) is 19.8. The van der Waals surface area contributed by atoms with E-state index in [0.717, 1.165) is 39.0 Å². The zero-order chi connectivity index (χ0) is 20.1. The van der Waals surface area contributed by atoms with E-state index in [9.17, 15) is 4.79 Å². The lowest BCUT2D eigenvalue weighted by molar-refractivity contribution is -0.136. The second-order valence-electron chi connectivity index (χ2n) is 7.91. The molecule has 1 amide bonds. The summed E-state index contributed by atoms with van der Waals surface area (Å²) in [5.41, 5.74) is 1.44. The van der Waals surface area contributed by atoms with Crippen LogP contribution in [0.25, 0.3) is 0 Å². The number of nitrogens with zero attached hydrogens (tertiary/aromatic N) is 2. The molecule has 0 bridgehead atoms. The highest BCUT2D eigenvalue weighted by atomic mass is 16.5. The van der Waals surface area contributed by atoms with Crippen molar-refractivity contribution in [3.05, 3.63) is 60.2 Å². The van der Waals surface area contributed by atoms with Crippen LogP contribution in [0.2, 0.25) is 0 Å². The van der Waals surface area contributed by atoms with Gasteiger partial charge in [-0.1, -0.05) is 42.5 Å². The van der Waals surface area contributed by atoms with E-state index >= 15 is 0 Å². The van der Waals surface area contributed by atoms with Gasteiger partial charge in [-0.15, -0.1) is 0 Å². The number of methoxy groups -OCH3 is 1. The maximum absolute atomic E-state index is 12.8. The van der Waals surface area contributed by atoms with Gasteiger partial charge < -0.3 is 14.4 Å². The van der Waals surface area contributed by atoms with Gasteiger partial charge in [0.15, 0.2) is 18.1 Å². The molecule has 0 aliphatic carbocycles. The van der Waals surface area contributed by atoms with Crippen molar-refractivity contribution in [1.82, 2.24) is 9.80 Å². The molecule has 2 aromatic rings. The van der Waals surface area contributed by atoms with Gasteiger partial charge >= 0.3 is 0 Å². The Hall–Kier alpha value is -2.53. The van der Waals surface area contributed by atoms with Crippen molar-refractivity contribution < 1.29 is 14.3 Å². The second kappa shape index (κ2) is 8.87. The zero-order valence-corrected chi connectivity index (χ0v) is 17.2. The molecule has 4 rings (SSSR count). The summed E-state index contributed by atoms with van der Waals surface area (Å²) >= 11 is 0. The molecule has 0 N–H and O–H groups in total. The van der Waals surface area contributed by atoms with Gasteiger partial charge in [-0.3, -0.25) is 9.69 Å². The molecule has 0 saturated carbocycles. The standard InChI is InChI=1S/C24H30N2O3/c1-28-21-11-5-6-12-22(21)29-19-23(27)25-17-13-24(14-18-25,26-15-7-8-16-26)20-9-3-2-4-10-20/h2-6,9-12H,7-8,13-19H2,1H3. The van der Waals surface area contributed by atoms with Crippen molar-refractivity contribution in [3.8, 4) is 11.5 Å². The van der Waals surface area contributed by atoms with Crippen LogP contribution < -0.4 is 9.47 Å². The number of piperidine rings is 1. The van der Waals surface area contributed by atoms with Crippen LogP contribution in [0.5, 0.6) is 11.5 Å². The molecular weight excluding hydrogens is 364 g/mol. The summed E-state index contributed by atoms with van der Waals surface area (Å²) in [7, 11) is 1.61. The van der Waals surface area contributed by atoms with Crippen molar-refractivity contribution in [1.29, 1.82) is 0 Å². The number of rotatable bonds is 6. The lowest BCUT2D eigenvalue weighted by atomic mass is 9.79. The van der Waals surface area contributed by atoms with E-state index in [1.54, 1.807) is 7.11 Å². The smallest absolute Gasteiger partial charge is 0.260 e. The van der Waals surface area contributed by atoms with Crippen LogP contribution in [0.15, 0.2) is 54.6 Å². The van der Waals surface area contributed by atoms with Crippen LogP contribution in [-0.2, 0) is 10.3 Å². The van der Waals surface area contributed by atoms with Crippen molar-refractivity contribution in [2.45, 2.75) is 31.2 Å². The molecule has 5 heteroatoms. The Bertz CT molecular complexity index is 810. The molecule has 5 nitrogen and oxygen atoms in total. The molecule has 154 valence electrons. The molecule has 2 fully saturated rings. The molecule has 2 aliphatic rings. The van der Waals surface area contributed by atoms with E-state index in [2.05, 4.69) is 35.2 Å². The van der Waals surface area contributed by atoms with Gasteiger partial charge in [-0.2, -0.15) is 0 Å². The minimum Gasteiger partial charge on any atom is -0.493 e. The first-order valence-corrected chi connectivity index (χ1v) is 10.6. The summed E-state index contributed by atoms with van der Waals surface area (Å²) in [6.07, 6.45) is 4.47. The topological polar surface area (TPSA) is 42.0 Å². The van der Waals surface area contributed by atoms with Crippen LogP contribution >= 0.6 is 0 Å². The second-order valence-corrected chi connectivity index (χ2v) is 7.91. The third-order valence-electron chi connectivity index (χ3n) is 6.39. The number of likely N-dealkylation sites (tertiary alicyclic amines) is 2. The number of benzene rings is 2. The SMILES string of the molecule is COc1ccccc1OCC(=O)N1CCC(c2ccccc2)(N2CCCC2)CC1. The van der Waals surface area contributed by atoms with E-state index in [0.29, 0.717) is 11.5 Å². The minimum absolute atomic E-state index is 0.0407. The fourth-order valence-corrected chi connectivity index (χ4v) is 4.78. The van der Waals surface area contributed by atoms with E-state index in [1.165, 1.54) is 18.4 Å². The van der Waals surface area contributed by atoms with Gasteiger partial charge in [-0.25, -0.2) is 0 Å². The summed E-state index contributed by atoms with van der Waals surface area (Å²) in [5, 5.41) is 0. The molecule has 2 aromatic carbocycles. The number of hydrogen-bond donors (Lipinski definition) is 0. The van der Waals surface area contributed by atoms with Gasteiger partial charge in [0.25, 0.3) is 5.91 Å². The highest BCUT2D eigenvalue weighted by Gasteiger charge is 2.42. The Balaban J connectivity index is 1.41. The summed E-state index contributed by atoms with van der Waals surface area (Å²) in [6.45, 7) is 3.88. The Morgan fingerprint density at radius 3 is 2.17 bits per heavy atom. The largest absolute Gasteiger partial charge is 0.493 e. The fourth-order valence-electron chi connectivity index (χ4n) is 4.78. The maximum atomic E-state index is 12.8. The summed E-state index contributed by atoms with van der Waals surface area (Å²) in [5.74, 6) is 1.30. The maximum Gasteiger partial charge on any atom is 0.260 e. The van der Waals surface area contributed by atoms with Gasteiger partial charge in [0.2, 0.25) is 0 Å². The Labute approximate surface area is 173 Å². The van der Waals surface area contributed by atoms with E-state index < -0.39 is 0 Å². The Morgan fingerprint density at radius 1 is 0.897 bits per heavy atom. The first-order chi connectivity index (χ1) is 14.2. The highest BCUT2D eigenvalue weighted by Crippen LogP contribution is 2.40. The van der Waals surface area contributed by atoms with Gasteiger partial charge in [-0.05, 0) is 56.5 Å². The lowest BCUT2D eigenvalue weighted by Crippen LogP contribution is -2.54. The molecule has 0 aromatic heterocycles. The van der Waals surface area contributed by atoms with Crippen molar-refractivity contribution >= 4 is 5.91 Å². The molecule has 0 spiro atoms. The summed E-state index contributed by atoms with van der Waals surface area (Å²) in [6, 6.07) is 18.3. The lowest BCUT2D eigenvalue weighted by Gasteiger charge is -2.48. The predicted octanol–water partition coefficient (Wildman–Crippen LogP) is 3.69. The molecule has 2 saturated heterocycles. The normalized spacial score (nSPS) is 19.1. The quantitative estimate of drug-likeness (QED) is 0.749. The molecular formula is C24H30N2O3. The van der Waals surface area contributed by atoms with Gasteiger partial charge in [0.1, 0.15) is 0 Å². The van der Waals surface area contributed by atoms with E-state index in [4.69, 9.17) is 9.47 Å². The number of carbonyl (C=O) groups is 1. The highest BCUT2D eigenvalue weighted by molar-refractivity contribution is 5.78. The van der Waals surface area contributed by atoms with Gasteiger partial charge in [0, 0.05) is 18.6 Å². The zero-order valence-electron chi connectivity index (χ0n) is 17.2. The summed E-state index contributed by atoms with van der Waals surface area (Å²) < 4.78 is 11.1. The Morgan fingerprint density at radius 2 is 1.52 bits per heavy atom.